The second-order valence-electron chi connectivity index (χ2n) is 9.27. The first-order chi connectivity index (χ1) is 17.7. The van der Waals surface area contributed by atoms with E-state index < -0.39 is 51.8 Å². The Bertz CT molecular complexity index is 1530. The van der Waals surface area contributed by atoms with Crippen LogP contribution < -0.4 is 4.90 Å². The van der Waals surface area contributed by atoms with E-state index in [1.807, 2.05) is 0 Å². The summed E-state index contributed by atoms with van der Waals surface area (Å²) in [4.78, 5) is 66.9. The molecule has 37 heavy (non-hydrogen) atoms. The quantitative estimate of drug-likeness (QED) is 0.220. The summed E-state index contributed by atoms with van der Waals surface area (Å²) in [5.74, 6) is -5.34. The Morgan fingerprint density at radius 3 is 2.11 bits per heavy atom. The summed E-state index contributed by atoms with van der Waals surface area (Å²) in [6.07, 6.45) is -1.08. The highest BCUT2D eigenvalue weighted by molar-refractivity contribution is 6.37. The number of rotatable bonds is 3. The fraction of sp³-hybridized carbons (Fsp3) is 0.185. The van der Waals surface area contributed by atoms with Crippen molar-refractivity contribution < 1.29 is 28.8 Å². The number of nitro benzene ring substituents is 1. The molecule has 0 saturated carbocycles. The van der Waals surface area contributed by atoms with Gasteiger partial charge in [0.25, 0.3) is 5.69 Å². The predicted octanol–water partition coefficient (Wildman–Crippen LogP) is 4.25. The Balaban J connectivity index is 1.53. The van der Waals surface area contributed by atoms with Crippen LogP contribution in [-0.2, 0) is 14.3 Å². The summed E-state index contributed by atoms with van der Waals surface area (Å²) < 4.78 is 6.22. The van der Waals surface area contributed by atoms with Crippen LogP contribution in [0.15, 0.2) is 66.7 Å². The third-order valence-electron chi connectivity index (χ3n) is 7.35. The fourth-order valence-electron chi connectivity index (χ4n) is 5.71. The van der Waals surface area contributed by atoms with Gasteiger partial charge in [-0.15, -0.1) is 0 Å². The number of ketones is 2. The standard InChI is InChI=1S/C27H17ClN2O7/c1-13-12-16(30(35)36)10-11-19(13)29-25(33)20-21(26(29)34)27(37-22(20)14-6-8-15(28)9-7-14)23(31)17-4-2-3-5-18(17)24(27)32/h2-12,20-22H,1H3/t20-,21+,22-/m0/s1. The number of non-ortho nitro benzene ring substituents is 1. The first-order valence-electron chi connectivity index (χ1n) is 11.4. The van der Waals surface area contributed by atoms with Crippen molar-refractivity contribution in [3.63, 3.8) is 0 Å². The highest BCUT2D eigenvalue weighted by Crippen LogP contribution is 2.58. The average Bonchev–Trinajstić information content (AvgIpc) is 3.45. The molecule has 2 saturated heterocycles. The van der Waals surface area contributed by atoms with Gasteiger partial charge < -0.3 is 4.74 Å². The molecule has 2 heterocycles. The van der Waals surface area contributed by atoms with Gasteiger partial charge >= 0.3 is 0 Å². The number of fused-ring (bicyclic) bond motifs is 3. The molecule has 2 amide bonds. The zero-order chi connectivity index (χ0) is 26.2. The molecular weight excluding hydrogens is 500 g/mol. The van der Waals surface area contributed by atoms with Gasteiger partial charge in [0.1, 0.15) is 0 Å². The van der Waals surface area contributed by atoms with E-state index in [1.165, 1.54) is 30.3 Å². The van der Waals surface area contributed by atoms with Gasteiger partial charge in [-0.1, -0.05) is 48.0 Å². The molecule has 0 bridgehead atoms. The van der Waals surface area contributed by atoms with Crippen LogP contribution in [0.2, 0.25) is 5.02 Å². The summed E-state index contributed by atoms with van der Waals surface area (Å²) in [6.45, 7) is 1.54. The molecule has 0 radical (unpaired) electrons. The summed E-state index contributed by atoms with van der Waals surface area (Å²) in [5.41, 5.74) is -1.18. The normalized spacial score (nSPS) is 23.6. The van der Waals surface area contributed by atoms with Crippen molar-refractivity contribution in [3.8, 4) is 0 Å². The van der Waals surface area contributed by atoms with E-state index in [2.05, 4.69) is 0 Å². The maximum Gasteiger partial charge on any atom is 0.269 e. The molecule has 0 N–H and O–H groups in total. The molecule has 0 unspecified atom stereocenters. The van der Waals surface area contributed by atoms with Crippen LogP contribution in [0, 0.1) is 28.9 Å². The molecule has 3 aromatic carbocycles. The lowest BCUT2D eigenvalue weighted by atomic mass is 9.77. The Labute approximate surface area is 214 Å². The number of ether oxygens (including phenoxy) is 1. The Kier molecular flexibility index (Phi) is 4.95. The number of halogens is 1. The first kappa shape index (κ1) is 23.2. The lowest BCUT2D eigenvalue weighted by molar-refractivity contribution is -0.384. The van der Waals surface area contributed by atoms with Crippen LogP contribution in [0.4, 0.5) is 11.4 Å². The van der Waals surface area contributed by atoms with Crippen LogP contribution in [0.1, 0.15) is 37.9 Å². The number of nitro groups is 1. The Hall–Kier alpha value is -4.21. The molecule has 2 aliphatic heterocycles. The summed E-state index contributed by atoms with van der Waals surface area (Å²) >= 11 is 6.04. The SMILES string of the molecule is Cc1cc([N+](=O)[O-])ccc1N1C(=O)[C@@H]2[C@H](c3ccc(Cl)cc3)OC3(C(=O)c4ccccc4C3=O)[C@H]2C1=O. The molecule has 1 aliphatic carbocycles. The third kappa shape index (κ3) is 3.01. The van der Waals surface area contributed by atoms with Gasteiger partial charge in [-0.25, -0.2) is 4.90 Å². The third-order valence-corrected chi connectivity index (χ3v) is 7.60. The van der Waals surface area contributed by atoms with Gasteiger partial charge in [-0.2, -0.15) is 0 Å². The number of benzene rings is 3. The van der Waals surface area contributed by atoms with E-state index >= 15 is 0 Å². The molecular formula is C27H17ClN2O7. The maximum atomic E-state index is 14.0. The number of hydrogen-bond donors (Lipinski definition) is 0. The number of Topliss-reactive ketones (excluding diaryl/α,β-unsaturated/α-hetero) is 2. The maximum absolute atomic E-state index is 14.0. The van der Waals surface area contributed by atoms with E-state index in [0.29, 0.717) is 16.1 Å². The van der Waals surface area contributed by atoms with E-state index in [1.54, 1.807) is 43.3 Å². The molecule has 2 fully saturated rings. The number of amides is 2. The number of carbonyl (C=O) groups is 4. The fourth-order valence-corrected chi connectivity index (χ4v) is 5.84. The largest absolute Gasteiger partial charge is 0.349 e. The van der Waals surface area contributed by atoms with Gasteiger partial charge in [-0.3, -0.25) is 29.3 Å². The van der Waals surface area contributed by atoms with Crippen LogP contribution in [-0.4, -0.2) is 33.9 Å². The van der Waals surface area contributed by atoms with Gasteiger partial charge in [-0.05, 0) is 36.2 Å². The minimum Gasteiger partial charge on any atom is -0.349 e. The predicted molar refractivity (Wildman–Crippen MR) is 130 cm³/mol. The number of aryl methyl sites for hydroxylation is 1. The topological polar surface area (TPSA) is 124 Å². The van der Waals surface area contributed by atoms with Crippen molar-refractivity contribution in [1.29, 1.82) is 0 Å². The zero-order valence-electron chi connectivity index (χ0n) is 19.2. The van der Waals surface area contributed by atoms with Gasteiger partial charge in [0.05, 0.1) is 28.6 Å². The monoisotopic (exact) mass is 516 g/mol. The van der Waals surface area contributed by atoms with Gasteiger partial charge in [0.15, 0.2) is 0 Å². The van der Waals surface area contributed by atoms with Crippen molar-refractivity contribution in [1.82, 2.24) is 0 Å². The lowest BCUT2D eigenvalue weighted by Crippen LogP contribution is -2.51. The van der Waals surface area contributed by atoms with Crippen LogP contribution >= 0.6 is 11.6 Å². The number of anilines is 1. The number of imide groups is 1. The molecule has 1 spiro atoms. The Morgan fingerprint density at radius 1 is 0.919 bits per heavy atom. The smallest absolute Gasteiger partial charge is 0.269 e. The van der Waals surface area contributed by atoms with Gasteiger partial charge in [0.2, 0.25) is 29.0 Å². The van der Waals surface area contributed by atoms with Crippen LogP contribution in [0.5, 0.6) is 0 Å². The van der Waals surface area contributed by atoms with Crippen molar-refractivity contribution in [3.05, 3.63) is 104 Å². The number of carbonyl (C=O) groups excluding carboxylic acids is 4. The van der Waals surface area contributed by atoms with E-state index in [0.717, 1.165) is 4.90 Å². The molecule has 6 rings (SSSR count). The average molecular weight is 517 g/mol. The van der Waals surface area contributed by atoms with E-state index in [4.69, 9.17) is 16.3 Å². The van der Waals surface area contributed by atoms with E-state index in [-0.39, 0.29) is 22.5 Å². The zero-order valence-corrected chi connectivity index (χ0v) is 20.0. The Morgan fingerprint density at radius 2 is 1.54 bits per heavy atom. The molecule has 184 valence electrons. The summed E-state index contributed by atoms with van der Waals surface area (Å²) in [6, 6.07) is 16.4. The van der Waals surface area contributed by atoms with Crippen LogP contribution in [0.3, 0.4) is 0 Å². The van der Waals surface area contributed by atoms with Gasteiger partial charge in [0, 0.05) is 28.3 Å². The van der Waals surface area contributed by atoms with Crippen molar-refractivity contribution in [2.24, 2.45) is 11.8 Å². The number of hydrogen-bond acceptors (Lipinski definition) is 7. The van der Waals surface area contributed by atoms with Crippen LogP contribution in [0.25, 0.3) is 0 Å². The summed E-state index contributed by atoms with van der Waals surface area (Å²) in [5, 5.41) is 11.6. The molecule has 3 aliphatic rings. The molecule has 0 aromatic heterocycles. The second-order valence-corrected chi connectivity index (χ2v) is 9.71. The molecule has 3 atom stereocenters. The highest BCUT2D eigenvalue weighted by Gasteiger charge is 2.74. The lowest BCUT2D eigenvalue weighted by Gasteiger charge is -2.27. The minimum absolute atomic E-state index is 0.133. The van der Waals surface area contributed by atoms with E-state index in [9.17, 15) is 29.3 Å². The summed E-state index contributed by atoms with van der Waals surface area (Å²) in [7, 11) is 0. The first-order valence-corrected chi connectivity index (χ1v) is 11.8. The second kappa shape index (κ2) is 7.89. The molecule has 3 aromatic rings. The highest BCUT2D eigenvalue weighted by atomic mass is 35.5. The molecule has 10 heteroatoms. The molecule has 9 nitrogen and oxygen atoms in total. The van der Waals surface area contributed by atoms with Crippen molar-refractivity contribution in [2.75, 3.05) is 4.90 Å². The minimum atomic E-state index is -2.20. The van der Waals surface area contributed by atoms with Crippen molar-refractivity contribution >= 4 is 46.4 Å². The number of nitrogens with zero attached hydrogens (tertiary/aromatic N) is 2. The van der Waals surface area contributed by atoms with Crippen molar-refractivity contribution in [2.45, 2.75) is 18.6 Å².